The topological polar surface area (TPSA) is 71.9 Å². The third-order valence-electron chi connectivity index (χ3n) is 1.25. The summed E-state index contributed by atoms with van der Waals surface area (Å²) in [4.78, 5) is 3.80. The lowest BCUT2D eigenvalue weighted by Gasteiger charge is -2.01. The molecule has 1 aromatic rings. The molecule has 11 heavy (non-hydrogen) atoms. The molecule has 2 N–H and O–H groups in total. The Hall–Kier alpha value is -1.76. The third-order valence-corrected chi connectivity index (χ3v) is 1.25. The minimum atomic E-state index is 0.271. The van der Waals surface area contributed by atoms with Crippen LogP contribution in [-0.4, -0.2) is 12.1 Å². The number of nitrogens with zero attached hydrogens (tertiary/aromatic N) is 2. The summed E-state index contributed by atoms with van der Waals surface area (Å²) in [5.74, 6) is 0.271. The first kappa shape index (κ1) is 7.35. The van der Waals surface area contributed by atoms with Gasteiger partial charge in [0.2, 0.25) is 5.88 Å². The molecule has 0 fully saturated rings. The van der Waals surface area contributed by atoms with E-state index in [4.69, 9.17) is 15.7 Å². The van der Waals surface area contributed by atoms with Crippen molar-refractivity contribution in [1.82, 2.24) is 4.98 Å². The number of nitriles is 1. The second-order valence-corrected chi connectivity index (χ2v) is 1.90. The smallest absolute Gasteiger partial charge is 0.233 e. The third kappa shape index (κ3) is 1.22. The molecule has 1 rings (SSSR count). The molecule has 0 saturated heterocycles. The van der Waals surface area contributed by atoms with E-state index < -0.39 is 0 Å². The van der Waals surface area contributed by atoms with Crippen molar-refractivity contribution in [3.63, 3.8) is 0 Å². The van der Waals surface area contributed by atoms with E-state index in [0.29, 0.717) is 5.69 Å². The molecule has 0 aliphatic rings. The van der Waals surface area contributed by atoms with Gasteiger partial charge >= 0.3 is 0 Å². The van der Waals surface area contributed by atoms with Crippen LogP contribution in [0, 0.1) is 11.3 Å². The zero-order chi connectivity index (χ0) is 8.27. The van der Waals surface area contributed by atoms with Crippen molar-refractivity contribution in [3.05, 3.63) is 17.8 Å². The number of nitrogen functional groups attached to an aromatic ring is 1. The van der Waals surface area contributed by atoms with Crippen LogP contribution >= 0.6 is 0 Å². The fourth-order valence-electron chi connectivity index (χ4n) is 0.724. The molecule has 0 atom stereocenters. The van der Waals surface area contributed by atoms with Gasteiger partial charge in [-0.2, -0.15) is 5.26 Å². The van der Waals surface area contributed by atoms with Crippen molar-refractivity contribution in [2.45, 2.75) is 0 Å². The van der Waals surface area contributed by atoms with Gasteiger partial charge in [-0.25, -0.2) is 4.98 Å². The van der Waals surface area contributed by atoms with Crippen LogP contribution in [0.25, 0.3) is 0 Å². The number of hydrogen-bond acceptors (Lipinski definition) is 4. The quantitative estimate of drug-likeness (QED) is 0.632. The first-order valence-corrected chi connectivity index (χ1v) is 2.98. The number of methoxy groups -OCH3 is 1. The molecule has 4 heteroatoms. The Morgan fingerprint density at radius 3 is 2.91 bits per heavy atom. The first-order chi connectivity index (χ1) is 5.29. The van der Waals surface area contributed by atoms with E-state index in [1.54, 1.807) is 6.07 Å². The van der Waals surface area contributed by atoms with Crippen molar-refractivity contribution in [1.29, 1.82) is 5.26 Å². The molecule has 0 amide bonds. The van der Waals surface area contributed by atoms with Gasteiger partial charge in [-0.1, -0.05) is 0 Å². The maximum Gasteiger partial charge on any atom is 0.233 e. The molecule has 0 aliphatic carbocycles. The van der Waals surface area contributed by atoms with Crippen molar-refractivity contribution in [3.8, 4) is 11.9 Å². The van der Waals surface area contributed by atoms with Crippen LogP contribution in [0.5, 0.6) is 5.88 Å². The Labute approximate surface area is 64.2 Å². The zero-order valence-corrected chi connectivity index (χ0v) is 6.03. The van der Waals surface area contributed by atoms with Crippen LogP contribution in [-0.2, 0) is 0 Å². The standard InChI is InChI=1S/C7H7N3O/c1-11-7-5(4-8)6(9)2-3-10-7/h2-3H,1H3,(H2,9,10). The molecular formula is C7H7N3O. The van der Waals surface area contributed by atoms with Gasteiger partial charge in [-0.3, -0.25) is 0 Å². The Bertz CT molecular complexity index is 303. The highest BCUT2D eigenvalue weighted by Gasteiger charge is 2.05. The normalized spacial score (nSPS) is 8.73. The first-order valence-electron chi connectivity index (χ1n) is 2.98. The number of anilines is 1. The Morgan fingerprint density at radius 1 is 1.73 bits per heavy atom. The van der Waals surface area contributed by atoms with Crippen LogP contribution in [0.15, 0.2) is 12.3 Å². The number of nitrogens with two attached hydrogens (primary N) is 1. The molecule has 0 aliphatic heterocycles. The summed E-state index contributed by atoms with van der Waals surface area (Å²) in [5, 5.41) is 8.58. The summed E-state index contributed by atoms with van der Waals surface area (Å²) in [5.41, 5.74) is 6.14. The van der Waals surface area contributed by atoms with E-state index in [2.05, 4.69) is 4.98 Å². The highest BCUT2D eigenvalue weighted by molar-refractivity contribution is 5.57. The fraction of sp³-hybridized carbons (Fsp3) is 0.143. The molecule has 0 unspecified atom stereocenters. The molecule has 4 nitrogen and oxygen atoms in total. The number of aromatic nitrogens is 1. The van der Waals surface area contributed by atoms with E-state index in [9.17, 15) is 0 Å². The van der Waals surface area contributed by atoms with Gasteiger partial charge in [-0.15, -0.1) is 0 Å². The van der Waals surface area contributed by atoms with Crippen LogP contribution in [0.3, 0.4) is 0 Å². The van der Waals surface area contributed by atoms with Crippen LogP contribution in [0.4, 0.5) is 5.69 Å². The number of hydrogen-bond donors (Lipinski definition) is 1. The summed E-state index contributed by atoms with van der Waals surface area (Å²) in [6, 6.07) is 3.46. The summed E-state index contributed by atoms with van der Waals surface area (Å²) < 4.78 is 4.80. The predicted molar refractivity (Wildman–Crippen MR) is 39.9 cm³/mol. The van der Waals surface area contributed by atoms with Crippen molar-refractivity contribution < 1.29 is 4.74 Å². The lowest BCUT2D eigenvalue weighted by molar-refractivity contribution is 0.397. The molecule has 0 bridgehead atoms. The number of ether oxygens (including phenoxy) is 1. The van der Waals surface area contributed by atoms with E-state index in [1.807, 2.05) is 6.07 Å². The predicted octanol–water partition coefficient (Wildman–Crippen LogP) is 0.544. The minimum Gasteiger partial charge on any atom is -0.480 e. The fourth-order valence-corrected chi connectivity index (χ4v) is 0.724. The molecular weight excluding hydrogens is 142 g/mol. The van der Waals surface area contributed by atoms with Crippen LogP contribution in [0.2, 0.25) is 0 Å². The van der Waals surface area contributed by atoms with E-state index in [-0.39, 0.29) is 11.4 Å². The van der Waals surface area contributed by atoms with Crippen LogP contribution < -0.4 is 10.5 Å². The Morgan fingerprint density at radius 2 is 2.45 bits per heavy atom. The van der Waals surface area contributed by atoms with E-state index in [1.165, 1.54) is 13.3 Å². The van der Waals surface area contributed by atoms with Gasteiger partial charge in [0.15, 0.2) is 0 Å². The molecule has 0 aromatic carbocycles. The van der Waals surface area contributed by atoms with Crippen molar-refractivity contribution in [2.24, 2.45) is 0 Å². The lowest BCUT2D eigenvalue weighted by atomic mass is 10.2. The summed E-state index contributed by atoms with van der Waals surface area (Å²) >= 11 is 0. The van der Waals surface area contributed by atoms with Gasteiger partial charge in [0.1, 0.15) is 11.6 Å². The molecule has 0 radical (unpaired) electrons. The molecule has 0 saturated carbocycles. The Kier molecular flexibility index (Phi) is 1.93. The monoisotopic (exact) mass is 149 g/mol. The summed E-state index contributed by atoms with van der Waals surface area (Å²) in [7, 11) is 1.45. The van der Waals surface area contributed by atoms with Crippen molar-refractivity contribution >= 4 is 5.69 Å². The van der Waals surface area contributed by atoms with Gasteiger partial charge in [0.25, 0.3) is 0 Å². The molecule has 1 aromatic heterocycles. The summed E-state index contributed by atoms with van der Waals surface area (Å²) in [6.07, 6.45) is 1.50. The summed E-state index contributed by atoms with van der Waals surface area (Å²) in [6.45, 7) is 0. The van der Waals surface area contributed by atoms with Crippen LogP contribution in [0.1, 0.15) is 5.56 Å². The van der Waals surface area contributed by atoms with Gasteiger partial charge < -0.3 is 10.5 Å². The highest BCUT2D eigenvalue weighted by atomic mass is 16.5. The Balaban J connectivity index is 3.27. The lowest BCUT2D eigenvalue weighted by Crippen LogP contribution is -1.96. The average molecular weight is 149 g/mol. The number of pyridine rings is 1. The van der Waals surface area contributed by atoms with Gasteiger partial charge in [0, 0.05) is 6.20 Å². The maximum atomic E-state index is 8.58. The van der Waals surface area contributed by atoms with Crippen molar-refractivity contribution in [2.75, 3.05) is 12.8 Å². The van der Waals surface area contributed by atoms with E-state index in [0.717, 1.165) is 0 Å². The van der Waals surface area contributed by atoms with E-state index >= 15 is 0 Å². The average Bonchev–Trinajstić information content (AvgIpc) is 2.04. The highest BCUT2D eigenvalue weighted by Crippen LogP contribution is 2.18. The SMILES string of the molecule is COc1nccc(N)c1C#N. The largest absolute Gasteiger partial charge is 0.480 e. The zero-order valence-electron chi connectivity index (χ0n) is 6.03. The van der Waals surface area contributed by atoms with Gasteiger partial charge in [-0.05, 0) is 6.07 Å². The molecule has 1 heterocycles. The second kappa shape index (κ2) is 2.88. The number of rotatable bonds is 1. The second-order valence-electron chi connectivity index (χ2n) is 1.90. The molecule has 56 valence electrons. The minimum absolute atomic E-state index is 0.271. The maximum absolute atomic E-state index is 8.58. The molecule has 0 spiro atoms. The van der Waals surface area contributed by atoms with Gasteiger partial charge in [0.05, 0.1) is 12.8 Å².